The van der Waals surface area contributed by atoms with E-state index >= 15 is 0 Å². The summed E-state index contributed by atoms with van der Waals surface area (Å²) in [5, 5.41) is 14.3. The van der Waals surface area contributed by atoms with Gasteiger partial charge in [-0.1, -0.05) is 45.0 Å². The molecule has 0 bridgehead atoms. The molecule has 0 fully saturated rings. The third-order valence-electron chi connectivity index (χ3n) is 4.42. The molecule has 2 aromatic carbocycles. The van der Waals surface area contributed by atoms with Crippen LogP contribution in [0.25, 0.3) is 0 Å². The number of carboxylic acid groups (broad SMARTS) is 1. The van der Waals surface area contributed by atoms with Crippen LogP contribution in [0.2, 0.25) is 0 Å². The van der Waals surface area contributed by atoms with E-state index in [-0.39, 0.29) is 29.3 Å². The van der Waals surface area contributed by atoms with Crippen LogP contribution >= 0.6 is 0 Å². The standard InChI is InChI=1S/C22H26N2O4/c1-14(19(25)23-13-15-5-7-17(8-6-15)21(27)28)24-20(26)16-9-11-18(12-10-16)22(2,3)4/h5-12,14H,13H2,1-4H3,(H,23,25)(H,24,26)(H,27,28)/t14-/m1/s1. The summed E-state index contributed by atoms with van der Waals surface area (Å²) in [6.45, 7) is 8.17. The molecule has 0 radical (unpaired) electrons. The lowest BCUT2D eigenvalue weighted by atomic mass is 9.86. The zero-order valence-corrected chi connectivity index (χ0v) is 16.6. The average molecular weight is 382 g/mol. The van der Waals surface area contributed by atoms with Gasteiger partial charge < -0.3 is 15.7 Å². The zero-order valence-electron chi connectivity index (χ0n) is 16.6. The van der Waals surface area contributed by atoms with E-state index in [9.17, 15) is 14.4 Å². The van der Waals surface area contributed by atoms with Crippen molar-refractivity contribution in [3.05, 3.63) is 70.8 Å². The van der Waals surface area contributed by atoms with Gasteiger partial charge in [-0.05, 0) is 47.7 Å². The molecular weight excluding hydrogens is 356 g/mol. The van der Waals surface area contributed by atoms with Crippen LogP contribution in [0.5, 0.6) is 0 Å². The van der Waals surface area contributed by atoms with Crippen molar-refractivity contribution in [2.45, 2.75) is 45.7 Å². The molecule has 0 saturated carbocycles. The highest BCUT2D eigenvalue weighted by Gasteiger charge is 2.18. The summed E-state index contributed by atoms with van der Waals surface area (Å²) >= 11 is 0. The fourth-order valence-electron chi connectivity index (χ4n) is 2.57. The summed E-state index contributed by atoms with van der Waals surface area (Å²) in [6.07, 6.45) is 0. The van der Waals surface area contributed by atoms with Crippen molar-refractivity contribution < 1.29 is 19.5 Å². The minimum absolute atomic E-state index is 0.00481. The maximum absolute atomic E-state index is 12.3. The summed E-state index contributed by atoms with van der Waals surface area (Å²) in [5.41, 5.74) is 2.59. The van der Waals surface area contributed by atoms with E-state index in [0.717, 1.165) is 11.1 Å². The monoisotopic (exact) mass is 382 g/mol. The molecule has 2 amide bonds. The van der Waals surface area contributed by atoms with E-state index in [2.05, 4.69) is 31.4 Å². The number of carbonyl (C=O) groups excluding carboxylic acids is 2. The third-order valence-corrected chi connectivity index (χ3v) is 4.42. The van der Waals surface area contributed by atoms with Gasteiger partial charge in [0.1, 0.15) is 6.04 Å². The molecule has 0 aliphatic carbocycles. The third kappa shape index (κ3) is 5.67. The summed E-state index contributed by atoms with van der Waals surface area (Å²) in [4.78, 5) is 35.4. The van der Waals surface area contributed by atoms with Crippen molar-refractivity contribution in [1.29, 1.82) is 0 Å². The van der Waals surface area contributed by atoms with E-state index < -0.39 is 12.0 Å². The maximum Gasteiger partial charge on any atom is 0.335 e. The molecular formula is C22H26N2O4. The summed E-state index contributed by atoms with van der Waals surface area (Å²) in [6, 6.07) is 12.9. The quantitative estimate of drug-likeness (QED) is 0.715. The molecule has 0 aromatic heterocycles. The molecule has 148 valence electrons. The number of benzene rings is 2. The number of hydrogen-bond acceptors (Lipinski definition) is 3. The van der Waals surface area contributed by atoms with Gasteiger partial charge in [-0.15, -0.1) is 0 Å². The molecule has 2 rings (SSSR count). The predicted molar refractivity (Wildman–Crippen MR) is 107 cm³/mol. The Hall–Kier alpha value is -3.15. The summed E-state index contributed by atoms with van der Waals surface area (Å²) in [5.74, 6) is -1.63. The van der Waals surface area contributed by atoms with E-state index in [4.69, 9.17) is 5.11 Å². The van der Waals surface area contributed by atoms with Crippen LogP contribution in [0, 0.1) is 0 Å². The van der Waals surface area contributed by atoms with Gasteiger partial charge in [0.2, 0.25) is 5.91 Å². The number of nitrogens with one attached hydrogen (secondary N) is 2. The Kier molecular flexibility index (Phi) is 6.57. The van der Waals surface area contributed by atoms with Gasteiger partial charge in [0, 0.05) is 12.1 Å². The Balaban J connectivity index is 1.89. The molecule has 0 aliphatic heterocycles. The Labute approximate surface area is 165 Å². The summed E-state index contributed by atoms with van der Waals surface area (Å²) < 4.78 is 0. The van der Waals surface area contributed by atoms with E-state index in [1.165, 1.54) is 12.1 Å². The molecule has 6 heteroatoms. The van der Waals surface area contributed by atoms with Crippen molar-refractivity contribution in [3.8, 4) is 0 Å². The second-order valence-electron chi connectivity index (χ2n) is 7.74. The highest BCUT2D eigenvalue weighted by Crippen LogP contribution is 2.22. The van der Waals surface area contributed by atoms with Crippen LogP contribution in [-0.4, -0.2) is 28.9 Å². The largest absolute Gasteiger partial charge is 0.478 e. The fourth-order valence-corrected chi connectivity index (χ4v) is 2.57. The number of carboxylic acids is 1. The second-order valence-corrected chi connectivity index (χ2v) is 7.74. The first-order valence-electron chi connectivity index (χ1n) is 9.09. The minimum atomic E-state index is -0.998. The zero-order chi connectivity index (χ0) is 20.9. The van der Waals surface area contributed by atoms with E-state index in [1.807, 2.05) is 12.1 Å². The van der Waals surface area contributed by atoms with Crippen molar-refractivity contribution in [3.63, 3.8) is 0 Å². The lowest BCUT2D eigenvalue weighted by Gasteiger charge is -2.19. The first kappa shape index (κ1) is 21.2. The Bertz CT molecular complexity index is 850. The van der Waals surface area contributed by atoms with Crippen molar-refractivity contribution in [2.24, 2.45) is 0 Å². The topological polar surface area (TPSA) is 95.5 Å². The molecule has 6 nitrogen and oxygen atoms in total. The highest BCUT2D eigenvalue weighted by molar-refractivity contribution is 5.97. The number of aromatic carboxylic acids is 1. The number of hydrogen-bond donors (Lipinski definition) is 3. The molecule has 0 spiro atoms. The molecule has 3 N–H and O–H groups in total. The van der Waals surface area contributed by atoms with Gasteiger partial charge in [0.05, 0.1) is 5.56 Å². The normalized spacial score (nSPS) is 12.1. The SMILES string of the molecule is C[C@@H](NC(=O)c1ccc(C(C)(C)C)cc1)C(=O)NCc1ccc(C(=O)O)cc1. The van der Waals surface area contributed by atoms with Gasteiger partial charge in [-0.2, -0.15) is 0 Å². The summed E-state index contributed by atoms with van der Waals surface area (Å²) in [7, 11) is 0. The van der Waals surface area contributed by atoms with Gasteiger partial charge in [0.15, 0.2) is 0 Å². The van der Waals surface area contributed by atoms with E-state index in [0.29, 0.717) is 5.56 Å². The van der Waals surface area contributed by atoms with Crippen LogP contribution in [0.15, 0.2) is 48.5 Å². The molecule has 1 atom stereocenters. The Morgan fingerprint density at radius 1 is 0.929 bits per heavy atom. The maximum atomic E-state index is 12.3. The number of carbonyl (C=O) groups is 3. The molecule has 0 aliphatic rings. The van der Waals surface area contributed by atoms with Gasteiger partial charge in [-0.3, -0.25) is 9.59 Å². The smallest absolute Gasteiger partial charge is 0.335 e. The first-order chi connectivity index (χ1) is 13.1. The van der Waals surface area contributed by atoms with Crippen LogP contribution in [0.3, 0.4) is 0 Å². The molecule has 0 saturated heterocycles. The average Bonchev–Trinajstić information content (AvgIpc) is 2.65. The van der Waals surface area contributed by atoms with Gasteiger partial charge in [0.25, 0.3) is 5.91 Å². The molecule has 28 heavy (non-hydrogen) atoms. The van der Waals surface area contributed by atoms with Gasteiger partial charge >= 0.3 is 5.97 Å². The van der Waals surface area contributed by atoms with Crippen molar-refractivity contribution in [1.82, 2.24) is 10.6 Å². The van der Waals surface area contributed by atoms with Crippen molar-refractivity contribution >= 4 is 17.8 Å². The Morgan fingerprint density at radius 3 is 1.96 bits per heavy atom. The second kappa shape index (κ2) is 8.69. The Morgan fingerprint density at radius 2 is 1.46 bits per heavy atom. The number of rotatable bonds is 6. The van der Waals surface area contributed by atoms with Crippen LogP contribution < -0.4 is 10.6 Å². The van der Waals surface area contributed by atoms with Gasteiger partial charge in [-0.25, -0.2) is 4.79 Å². The highest BCUT2D eigenvalue weighted by atomic mass is 16.4. The lowest BCUT2D eigenvalue weighted by molar-refractivity contribution is -0.122. The molecule has 0 heterocycles. The van der Waals surface area contributed by atoms with Crippen LogP contribution in [-0.2, 0) is 16.8 Å². The first-order valence-corrected chi connectivity index (χ1v) is 9.09. The van der Waals surface area contributed by atoms with E-state index in [1.54, 1.807) is 31.2 Å². The molecule has 2 aromatic rings. The van der Waals surface area contributed by atoms with Crippen molar-refractivity contribution in [2.75, 3.05) is 0 Å². The van der Waals surface area contributed by atoms with Crippen LogP contribution in [0.4, 0.5) is 0 Å². The number of amides is 2. The lowest BCUT2D eigenvalue weighted by Crippen LogP contribution is -2.44. The minimum Gasteiger partial charge on any atom is -0.478 e. The van der Waals surface area contributed by atoms with Crippen LogP contribution in [0.1, 0.15) is 59.5 Å². The molecule has 0 unspecified atom stereocenters. The fraction of sp³-hybridized carbons (Fsp3) is 0.318. The predicted octanol–water partition coefficient (Wildman–Crippen LogP) is 3.12.